The van der Waals surface area contributed by atoms with Gasteiger partial charge in [0.2, 0.25) is 5.88 Å². The number of aromatic nitrogens is 2. The zero-order chi connectivity index (χ0) is 14.4. The quantitative estimate of drug-likeness (QED) is 0.626. The van der Waals surface area contributed by atoms with Crippen LogP contribution in [0, 0.1) is 0 Å². The van der Waals surface area contributed by atoms with Gasteiger partial charge in [-0.3, -0.25) is 0 Å². The number of halogens is 1. The van der Waals surface area contributed by atoms with Crippen LogP contribution in [0.2, 0.25) is 5.15 Å². The van der Waals surface area contributed by atoms with E-state index >= 15 is 0 Å². The van der Waals surface area contributed by atoms with Crippen LogP contribution in [0.15, 0.2) is 36.7 Å². The van der Waals surface area contributed by atoms with Gasteiger partial charge in [0.05, 0.1) is 6.61 Å². The molecular weight excluding hydrogens is 280 g/mol. The maximum atomic E-state index is 12.0. The van der Waals surface area contributed by atoms with Gasteiger partial charge in [-0.2, -0.15) is 0 Å². The molecule has 0 aliphatic carbocycles. The number of carbonyl (C=O) groups excluding carboxylic acids is 1. The van der Waals surface area contributed by atoms with E-state index in [1.165, 1.54) is 0 Å². The number of rotatable bonds is 5. The Kier molecular flexibility index (Phi) is 4.90. The molecule has 2 aromatic heterocycles. The molecule has 0 bridgehead atoms. The van der Waals surface area contributed by atoms with Gasteiger partial charge in [0.25, 0.3) is 0 Å². The van der Waals surface area contributed by atoms with Crippen molar-refractivity contribution in [3.63, 3.8) is 0 Å². The molecule has 2 aromatic rings. The predicted molar refractivity (Wildman–Crippen MR) is 73.8 cm³/mol. The summed E-state index contributed by atoms with van der Waals surface area (Å²) < 4.78 is 10.5. The number of ether oxygens (including phenoxy) is 2. The van der Waals surface area contributed by atoms with Crippen molar-refractivity contribution in [2.24, 2.45) is 0 Å². The van der Waals surface area contributed by atoms with Crippen molar-refractivity contribution < 1.29 is 14.3 Å². The highest BCUT2D eigenvalue weighted by Crippen LogP contribution is 2.16. The molecule has 0 radical (unpaired) electrons. The molecular formula is C14H13ClN2O3. The Morgan fingerprint density at radius 1 is 1.30 bits per heavy atom. The van der Waals surface area contributed by atoms with Crippen molar-refractivity contribution in [3.8, 4) is 5.88 Å². The Hall–Kier alpha value is -2.14. The van der Waals surface area contributed by atoms with E-state index in [4.69, 9.17) is 21.1 Å². The monoisotopic (exact) mass is 292 g/mol. The van der Waals surface area contributed by atoms with Gasteiger partial charge in [-0.15, -0.1) is 0 Å². The summed E-state index contributed by atoms with van der Waals surface area (Å²) in [5, 5.41) is 0.394. The SMILES string of the molecule is CCOc1ncccc1C(=O)OCc1ccc(Cl)nc1. The molecule has 0 amide bonds. The fourth-order valence-corrected chi connectivity index (χ4v) is 1.63. The van der Waals surface area contributed by atoms with Crippen molar-refractivity contribution in [3.05, 3.63) is 52.9 Å². The van der Waals surface area contributed by atoms with Gasteiger partial charge in [-0.1, -0.05) is 17.7 Å². The van der Waals surface area contributed by atoms with Gasteiger partial charge < -0.3 is 9.47 Å². The number of carbonyl (C=O) groups is 1. The molecule has 0 unspecified atom stereocenters. The first-order chi connectivity index (χ1) is 9.70. The molecule has 2 heterocycles. The molecule has 20 heavy (non-hydrogen) atoms. The first-order valence-corrected chi connectivity index (χ1v) is 6.44. The third kappa shape index (κ3) is 3.68. The molecule has 104 valence electrons. The van der Waals surface area contributed by atoms with Crippen LogP contribution in [-0.2, 0) is 11.3 Å². The number of pyridine rings is 2. The summed E-state index contributed by atoms with van der Waals surface area (Å²) in [5.41, 5.74) is 1.06. The molecule has 5 nitrogen and oxygen atoms in total. The maximum absolute atomic E-state index is 12.0. The topological polar surface area (TPSA) is 61.3 Å². The number of nitrogens with zero attached hydrogens (tertiary/aromatic N) is 2. The average Bonchev–Trinajstić information content (AvgIpc) is 2.47. The van der Waals surface area contributed by atoms with Crippen molar-refractivity contribution in [1.29, 1.82) is 0 Å². The zero-order valence-electron chi connectivity index (χ0n) is 10.9. The summed E-state index contributed by atoms with van der Waals surface area (Å²) in [5.74, 6) is -0.217. The smallest absolute Gasteiger partial charge is 0.343 e. The van der Waals surface area contributed by atoms with Crippen LogP contribution in [0.1, 0.15) is 22.8 Å². The summed E-state index contributed by atoms with van der Waals surface area (Å²) in [6.07, 6.45) is 3.12. The van der Waals surface area contributed by atoms with E-state index in [2.05, 4.69) is 9.97 Å². The Morgan fingerprint density at radius 3 is 2.85 bits per heavy atom. The largest absolute Gasteiger partial charge is 0.477 e. The summed E-state index contributed by atoms with van der Waals surface area (Å²) in [7, 11) is 0. The minimum absolute atomic E-state index is 0.115. The van der Waals surface area contributed by atoms with Crippen molar-refractivity contribution in [1.82, 2.24) is 9.97 Å². The highest BCUT2D eigenvalue weighted by atomic mass is 35.5. The van der Waals surface area contributed by atoms with E-state index in [-0.39, 0.29) is 12.5 Å². The highest BCUT2D eigenvalue weighted by Gasteiger charge is 2.14. The second-order valence-electron chi connectivity index (χ2n) is 3.85. The number of esters is 1. The molecule has 0 spiro atoms. The highest BCUT2D eigenvalue weighted by molar-refractivity contribution is 6.29. The van der Waals surface area contributed by atoms with Gasteiger partial charge in [-0.25, -0.2) is 14.8 Å². The van der Waals surface area contributed by atoms with Crippen LogP contribution in [0.4, 0.5) is 0 Å². The minimum atomic E-state index is -0.489. The first kappa shape index (κ1) is 14.3. The van der Waals surface area contributed by atoms with Crippen molar-refractivity contribution in [2.75, 3.05) is 6.61 Å². The van der Waals surface area contributed by atoms with Crippen molar-refractivity contribution >= 4 is 17.6 Å². The minimum Gasteiger partial charge on any atom is -0.477 e. The predicted octanol–water partition coefficient (Wildman–Crippen LogP) is 2.89. The van der Waals surface area contributed by atoms with Gasteiger partial charge >= 0.3 is 5.97 Å². The lowest BCUT2D eigenvalue weighted by molar-refractivity contribution is 0.0467. The van der Waals surface area contributed by atoms with E-state index in [9.17, 15) is 4.79 Å². The molecule has 0 saturated heterocycles. The Morgan fingerprint density at radius 2 is 2.15 bits per heavy atom. The summed E-state index contributed by atoms with van der Waals surface area (Å²) >= 11 is 5.68. The lowest BCUT2D eigenvalue weighted by atomic mass is 10.2. The van der Waals surface area contributed by atoms with Crippen LogP contribution in [0.3, 0.4) is 0 Å². The Bertz CT molecular complexity index is 587. The summed E-state index contributed by atoms with van der Waals surface area (Å²) in [6, 6.07) is 6.65. The zero-order valence-corrected chi connectivity index (χ0v) is 11.6. The molecule has 0 saturated carbocycles. The normalized spacial score (nSPS) is 10.1. The fourth-order valence-electron chi connectivity index (χ4n) is 1.52. The van der Waals surface area contributed by atoms with Crippen LogP contribution < -0.4 is 4.74 Å². The number of hydrogen-bond acceptors (Lipinski definition) is 5. The molecule has 6 heteroatoms. The van der Waals surface area contributed by atoms with Crippen LogP contribution in [0.25, 0.3) is 0 Å². The van der Waals surface area contributed by atoms with Gasteiger partial charge in [0.15, 0.2) is 0 Å². The molecule has 0 atom stereocenters. The lowest BCUT2D eigenvalue weighted by Gasteiger charge is -2.08. The third-order valence-electron chi connectivity index (χ3n) is 2.43. The second kappa shape index (κ2) is 6.86. The van der Waals surface area contributed by atoms with E-state index in [0.29, 0.717) is 17.3 Å². The standard InChI is InChI=1S/C14H13ClN2O3/c1-2-19-13-11(4-3-7-16-13)14(18)20-9-10-5-6-12(15)17-8-10/h3-8H,2,9H2,1H3. The molecule has 0 N–H and O–H groups in total. The van der Waals surface area contributed by atoms with E-state index < -0.39 is 5.97 Å². The fraction of sp³-hybridized carbons (Fsp3) is 0.214. The molecule has 0 aliphatic rings. The van der Waals surface area contributed by atoms with Gasteiger partial charge in [0.1, 0.15) is 17.3 Å². The Balaban J connectivity index is 2.03. The Labute approximate surface area is 121 Å². The van der Waals surface area contributed by atoms with E-state index in [1.807, 2.05) is 6.92 Å². The molecule has 0 fully saturated rings. The molecule has 0 aliphatic heterocycles. The maximum Gasteiger partial charge on any atom is 0.343 e. The number of hydrogen-bond donors (Lipinski definition) is 0. The third-order valence-corrected chi connectivity index (χ3v) is 2.65. The van der Waals surface area contributed by atoms with Gasteiger partial charge in [-0.05, 0) is 25.1 Å². The lowest BCUT2D eigenvalue weighted by Crippen LogP contribution is -2.09. The van der Waals surface area contributed by atoms with Gasteiger partial charge in [0, 0.05) is 18.0 Å². The average molecular weight is 293 g/mol. The summed E-state index contributed by atoms with van der Waals surface area (Å²) in [4.78, 5) is 19.9. The van der Waals surface area contributed by atoms with Crippen molar-refractivity contribution in [2.45, 2.75) is 13.5 Å². The van der Waals surface area contributed by atoms with E-state index in [1.54, 1.807) is 36.7 Å². The second-order valence-corrected chi connectivity index (χ2v) is 4.24. The van der Waals surface area contributed by atoms with Crippen LogP contribution in [-0.4, -0.2) is 22.5 Å². The molecule has 0 aromatic carbocycles. The van der Waals surface area contributed by atoms with Crippen LogP contribution >= 0.6 is 11.6 Å². The van der Waals surface area contributed by atoms with E-state index in [0.717, 1.165) is 5.56 Å². The van der Waals surface area contributed by atoms with Crippen LogP contribution in [0.5, 0.6) is 5.88 Å². The molecule has 2 rings (SSSR count). The first-order valence-electron chi connectivity index (χ1n) is 6.06. The summed E-state index contributed by atoms with van der Waals surface area (Å²) in [6.45, 7) is 2.37.